The van der Waals surface area contributed by atoms with Crippen LogP contribution in [-0.4, -0.2) is 16.2 Å². The molecule has 5 heteroatoms. The Hall–Kier alpha value is -0.770. The van der Waals surface area contributed by atoms with Crippen molar-refractivity contribution in [3.05, 3.63) is 33.8 Å². The maximum Gasteiger partial charge on any atom is 0.309 e. The van der Waals surface area contributed by atoms with Crippen LogP contribution in [0.4, 0.5) is 0 Å². The molecule has 94 valence electrons. The van der Waals surface area contributed by atoms with Crippen LogP contribution in [-0.2, 0) is 4.79 Å². The predicted octanol–water partition coefficient (Wildman–Crippen LogP) is 3.53. The van der Waals surface area contributed by atoms with Crippen LogP contribution in [0.3, 0.4) is 0 Å². The monoisotopic (exact) mass is 276 g/mol. The average molecular weight is 277 g/mol. The summed E-state index contributed by atoms with van der Waals surface area (Å²) < 4.78 is 0. The third-order valence-electron chi connectivity index (χ3n) is 2.52. The highest BCUT2D eigenvalue weighted by Gasteiger charge is 2.27. The molecule has 0 saturated carbocycles. The zero-order valence-electron chi connectivity index (χ0n) is 9.36. The molecule has 2 unspecified atom stereocenters. The van der Waals surface area contributed by atoms with E-state index in [1.165, 1.54) is 18.2 Å². The standard InChI is InChI=1S/C12H14Cl2O3/c1-2-3-10(12(16)17)11(15)7-4-8(13)6-9(14)5-7/h4-6,10-11,15H,2-3H2,1H3,(H,16,17). The number of benzene rings is 1. The van der Waals surface area contributed by atoms with E-state index < -0.39 is 18.0 Å². The average Bonchev–Trinajstić information content (AvgIpc) is 2.23. The lowest BCUT2D eigenvalue weighted by atomic mass is 9.92. The third kappa shape index (κ3) is 3.87. The van der Waals surface area contributed by atoms with Crippen molar-refractivity contribution in [2.24, 2.45) is 5.92 Å². The Kier molecular flexibility index (Phi) is 5.25. The number of carboxylic acid groups (broad SMARTS) is 1. The second-order valence-corrected chi connectivity index (χ2v) is 4.75. The van der Waals surface area contributed by atoms with Crippen LogP contribution >= 0.6 is 23.2 Å². The molecule has 0 amide bonds. The summed E-state index contributed by atoms with van der Waals surface area (Å²) in [5.41, 5.74) is 0.434. The molecule has 0 radical (unpaired) electrons. The first-order chi connectivity index (χ1) is 7.95. The van der Waals surface area contributed by atoms with Gasteiger partial charge in [0.15, 0.2) is 0 Å². The molecule has 1 aromatic rings. The summed E-state index contributed by atoms with van der Waals surface area (Å²) in [5, 5.41) is 19.8. The van der Waals surface area contributed by atoms with E-state index in [0.717, 1.165) is 0 Å². The van der Waals surface area contributed by atoms with Crippen LogP contribution in [0.1, 0.15) is 31.4 Å². The molecule has 0 heterocycles. The van der Waals surface area contributed by atoms with E-state index in [-0.39, 0.29) is 0 Å². The lowest BCUT2D eigenvalue weighted by Crippen LogP contribution is -2.21. The van der Waals surface area contributed by atoms with Gasteiger partial charge in [-0.25, -0.2) is 0 Å². The van der Waals surface area contributed by atoms with Gasteiger partial charge in [0.05, 0.1) is 12.0 Å². The molecule has 0 aliphatic heterocycles. The Morgan fingerprint density at radius 2 is 1.82 bits per heavy atom. The summed E-state index contributed by atoms with van der Waals surface area (Å²) >= 11 is 11.6. The number of rotatable bonds is 5. The maximum atomic E-state index is 11.0. The number of aliphatic hydroxyl groups excluding tert-OH is 1. The van der Waals surface area contributed by atoms with Crippen LogP contribution in [0.15, 0.2) is 18.2 Å². The van der Waals surface area contributed by atoms with Gasteiger partial charge in [-0.15, -0.1) is 0 Å². The van der Waals surface area contributed by atoms with Crippen molar-refractivity contribution in [2.75, 3.05) is 0 Å². The fraction of sp³-hybridized carbons (Fsp3) is 0.417. The van der Waals surface area contributed by atoms with E-state index in [9.17, 15) is 9.90 Å². The van der Waals surface area contributed by atoms with E-state index in [4.69, 9.17) is 28.3 Å². The van der Waals surface area contributed by atoms with Crippen molar-refractivity contribution in [1.29, 1.82) is 0 Å². The Bertz CT molecular complexity index is 386. The number of aliphatic hydroxyl groups is 1. The summed E-state index contributed by atoms with van der Waals surface area (Å²) in [7, 11) is 0. The van der Waals surface area contributed by atoms with Crippen molar-refractivity contribution in [1.82, 2.24) is 0 Å². The van der Waals surface area contributed by atoms with Gasteiger partial charge in [-0.1, -0.05) is 36.5 Å². The number of aliphatic carboxylic acids is 1. The van der Waals surface area contributed by atoms with E-state index in [0.29, 0.717) is 28.5 Å². The lowest BCUT2D eigenvalue weighted by molar-refractivity contribution is -0.146. The highest BCUT2D eigenvalue weighted by atomic mass is 35.5. The minimum Gasteiger partial charge on any atom is -0.481 e. The third-order valence-corrected chi connectivity index (χ3v) is 2.96. The second kappa shape index (κ2) is 6.24. The van der Waals surface area contributed by atoms with Gasteiger partial charge in [0, 0.05) is 10.0 Å². The lowest BCUT2D eigenvalue weighted by Gasteiger charge is -2.19. The minimum atomic E-state index is -1.09. The molecular formula is C12H14Cl2O3. The van der Waals surface area contributed by atoms with Gasteiger partial charge in [-0.2, -0.15) is 0 Å². The SMILES string of the molecule is CCCC(C(=O)O)C(O)c1cc(Cl)cc(Cl)c1. The first-order valence-corrected chi connectivity index (χ1v) is 6.08. The van der Waals surface area contributed by atoms with Crippen molar-refractivity contribution in [3.8, 4) is 0 Å². The Morgan fingerprint density at radius 3 is 2.24 bits per heavy atom. The van der Waals surface area contributed by atoms with Gasteiger partial charge in [-0.3, -0.25) is 4.79 Å². The number of hydrogen-bond acceptors (Lipinski definition) is 2. The number of hydrogen-bond donors (Lipinski definition) is 2. The molecule has 1 aromatic carbocycles. The van der Waals surface area contributed by atoms with E-state index >= 15 is 0 Å². The van der Waals surface area contributed by atoms with E-state index in [1.807, 2.05) is 6.92 Å². The number of halogens is 2. The summed E-state index contributed by atoms with van der Waals surface area (Å²) in [6, 6.07) is 4.60. The summed E-state index contributed by atoms with van der Waals surface area (Å²) in [6.07, 6.45) is -0.00758. The maximum absolute atomic E-state index is 11.0. The quantitative estimate of drug-likeness (QED) is 0.865. The second-order valence-electron chi connectivity index (χ2n) is 3.88. The van der Waals surface area contributed by atoms with Gasteiger partial charge >= 0.3 is 5.97 Å². The van der Waals surface area contributed by atoms with Crippen LogP contribution in [0.2, 0.25) is 10.0 Å². The molecule has 0 bridgehead atoms. The largest absolute Gasteiger partial charge is 0.481 e. The Balaban J connectivity index is 3.00. The molecule has 0 fully saturated rings. The van der Waals surface area contributed by atoms with Gasteiger partial charge in [0.1, 0.15) is 0 Å². The summed E-state index contributed by atoms with van der Waals surface area (Å²) in [4.78, 5) is 11.0. The van der Waals surface area contributed by atoms with Crippen LogP contribution in [0.25, 0.3) is 0 Å². The highest BCUT2D eigenvalue weighted by molar-refractivity contribution is 6.34. The molecule has 2 atom stereocenters. The zero-order chi connectivity index (χ0) is 13.0. The first-order valence-electron chi connectivity index (χ1n) is 5.32. The van der Waals surface area contributed by atoms with Gasteiger partial charge in [0.2, 0.25) is 0 Å². The van der Waals surface area contributed by atoms with Crippen LogP contribution in [0, 0.1) is 5.92 Å². The van der Waals surface area contributed by atoms with E-state index in [1.54, 1.807) is 0 Å². The molecule has 1 rings (SSSR count). The number of carbonyl (C=O) groups is 1. The van der Waals surface area contributed by atoms with Crippen molar-refractivity contribution >= 4 is 29.2 Å². The molecular weight excluding hydrogens is 263 g/mol. The van der Waals surface area contributed by atoms with Gasteiger partial charge in [0.25, 0.3) is 0 Å². The molecule has 17 heavy (non-hydrogen) atoms. The fourth-order valence-electron chi connectivity index (χ4n) is 1.71. The fourth-order valence-corrected chi connectivity index (χ4v) is 2.25. The highest BCUT2D eigenvalue weighted by Crippen LogP contribution is 2.30. The van der Waals surface area contributed by atoms with Gasteiger partial charge in [-0.05, 0) is 30.2 Å². The predicted molar refractivity (Wildman–Crippen MR) is 67.5 cm³/mol. The summed E-state index contributed by atoms with van der Waals surface area (Å²) in [5.74, 6) is -1.86. The summed E-state index contributed by atoms with van der Waals surface area (Å²) in [6.45, 7) is 1.87. The van der Waals surface area contributed by atoms with E-state index in [2.05, 4.69) is 0 Å². The van der Waals surface area contributed by atoms with Gasteiger partial charge < -0.3 is 10.2 Å². The van der Waals surface area contributed by atoms with Crippen molar-refractivity contribution < 1.29 is 15.0 Å². The first kappa shape index (κ1) is 14.3. The van der Waals surface area contributed by atoms with Crippen molar-refractivity contribution in [2.45, 2.75) is 25.9 Å². The normalized spacial score (nSPS) is 14.4. The Morgan fingerprint density at radius 1 is 1.29 bits per heavy atom. The molecule has 0 aromatic heterocycles. The van der Waals surface area contributed by atoms with Crippen molar-refractivity contribution in [3.63, 3.8) is 0 Å². The molecule has 0 spiro atoms. The molecule has 0 aliphatic rings. The zero-order valence-corrected chi connectivity index (χ0v) is 10.9. The van der Waals surface area contributed by atoms with Crippen LogP contribution < -0.4 is 0 Å². The molecule has 3 nitrogen and oxygen atoms in total. The molecule has 0 saturated heterocycles. The minimum absolute atomic E-state index is 0.382. The van der Waals surface area contributed by atoms with Crippen LogP contribution in [0.5, 0.6) is 0 Å². The topological polar surface area (TPSA) is 57.5 Å². The molecule has 0 aliphatic carbocycles. The smallest absolute Gasteiger partial charge is 0.309 e. The number of carboxylic acids is 1. The Labute approximate surface area is 110 Å². The molecule has 2 N–H and O–H groups in total.